The molecular weight excluding hydrogens is 194 g/mol. The molecule has 16 heavy (non-hydrogen) atoms. The fourth-order valence-electron chi connectivity index (χ4n) is 1.36. The Bertz CT molecular complexity index is 437. The van der Waals surface area contributed by atoms with Crippen molar-refractivity contribution in [3.63, 3.8) is 0 Å². The van der Waals surface area contributed by atoms with Gasteiger partial charge >= 0.3 is 0 Å². The Labute approximate surface area is 98.2 Å². The predicted octanol–water partition coefficient (Wildman–Crippen LogP) is 4.20. The third-order valence-corrected chi connectivity index (χ3v) is 2.58. The number of aliphatic imine (C=N–C) groups is 1. The Morgan fingerprint density at radius 3 is 2.50 bits per heavy atom. The van der Waals surface area contributed by atoms with Gasteiger partial charge in [0, 0.05) is 11.9 Å². The fraction of sp³-hybridized carbons (Fsp3) is 0.267. The molecule has 0 saturated carbocycles. The molecule has 1 rings (SSSR count). The van der Waals surface area contributed by atoms with Gasteiger partial charge in [0.05, 0.1) is 0 Å². The zero-order valence-electron chi connectivity index (χ0n) is 10.5. The van der Waals surface area contributed by atoms with E-state index in [4.69, 9.17) is 0 Å². The van der Waals surface area contributed by atoms with Crippen LogP contribution in [0.3, 0.4) is 0 Å². The van der Waals surface area contributed by atoms with E-state index < -0.39 is 0 Å². The summed E-state index contributed by atoms with van der Waals surface area (Å²) in [5.41, 5.74) is 4.86. The largest absolute Gasteiger partial charge is 0.261 e. The van der Waals surface area contributed by atoms with Crippen molar-refractivity contribution in [1.29, 1.82) is 0 Å². The second-order valence-electron chi connectivity index (χ2n) is 3.88. The average molecular weight is 213 g/mol. The summed E-state index contributed by atoms with van der Waals surface area (Å²) in [6.07, 6.45) is 7.71. The van der Waals surface area contributed by atoms with Gasteiger partial charge in [-0.05, 0) is 56.5 Å². The van der Waals surface area contributed by atoms with Crippen LogP contribution in [0.25, 0.3) is 0 Å². The first-order valence-corrected chi connectivity index (χ1v) is 5.55. The highest BCUT2D eigenvalue weighted by Crippen LogP contribution is 2.10. The zero-order valence-corrected chi connectivity index (χ0v) is 10.5. The van der Waals surface area contributed by atoms with Crippen LogP contribution >= 0.6 is 0 Å². The normalized spacial score (nSPS) is 12.9. The Balaban J connectivity index is 2.87. The summed E-state index contributed by atoms with van der Waals surface area (Å²) in [4.78, 5) is 4.39. The van der Waals surface area contributed by atoms with E-state index in [0.29, 0.717) is 0 Å². The lowest BCUT2D eigenvalue weighted by Crippen LogP contribution is -1.95. The zero-order chi connectivity index (χ0) is 12.0. The minimum Gasteiger partial charge on any atom is -0.261 e. The molecule has 0 spiro atoms. The molecule has 0 saturated heterocycles. The van der Waals surface area contributed by atoms with Gasteiger partial charge in [0.2, 0.25) is 0 Å². The van der Waals surface area contributed by atoms with Gasteiger partial charge in [-0.25, -0.2) is 0 Å². The molecule has 0 N–H and O–H groups in total. The van der Waals surface area contributed by atoms with Gasteiger partial charge in [-0.3, -0.25) is 4.99 Å². The number of nitrogens with zero attached hydrogens (tertiary/aromatic N) is 1. The quantitative estimate of drug-likeness (QED) is 0.527. The molecule has 0 amide bonds. The maximum Gasteiger partial charge on any atom is 0.0444 e. The minimum absolute atomic E-state index is 1.05. The van der Waals surface area contributed by atoms with E-state index in [0.717, 1.165) is 5.71 Å². The number of rotatable bonds is 3. The molecule has 1 aromatic rings. The topological polar surface area (TPSA) is 12.4 Å². The average Bonchev–Trinajstić information content (AvgIpc) is 2.28. The van der Waals surface area contributed by atoms with Crippen LogP contribution in [-0.2, 0) is 0 Å². The summed E-state index contributed by atoms with van der Waals surface area (Å²) in [6.45, 7) is 8.27. The molecule has 0 bridgehead atoms. The molecular formula is C15H19N. The number of allylic oxidation sites excluding steroid dienone is 3. The number of benzene rings is 1. The molecule has 0 radical (unpaired) electrons. The first kappa shape index (κ1) is 12.4. The van der Waals surface area contributed by atoms with Crippen molar-refractivity contribution < 1.29 is 0 Å². The van der Waals surface area contributed by atoms with Crippen LogP contribution in [0.5, 0.6) is 0 Å². The molecule has 1 heteroatoms. The number of aryl methyl sites for hydroxylation is 2. The lowest BCUT2D eigenvalue weighted by Gasteiger charge is -2.03. The SMILES string of the molecule is C/C=C\C=C/N=C(C)c1ccc(C)c(C)c1. The van der Waals surface area contributed by atoms with Gasteiger partial charge in [0.25, 0.3) is 0 Å². The number of hydrogen-bond donors (Lipinski definition) is 0. The summed E-state index contributed by atoms with van der Waals surface area (Å²) in [5.74, 6) is 0. The van der Waals surface area contributed by atoms with E-state index in [1.54, 1.807) is 0 Å². The third-order valence-electron chi connectivity index (χ3n) is 2.58. The van der Waals surface area contributed by atoms with Gasteiger partial charge in [0.15, 0.2) is 0 Å². The van der Waals surface area contributed by atoms with Crippen molar-refractivity contribution in [2.45, 2.75) is 27.7 Å². The van der Waals surface area contributed by atoms with Crippen LogP contribution in [0.15, 0.2) is 47.6 Å². The van der Waals surface area contributed by atoms with Crippen LogP contribution in [-0.4, -0.2) is 5.71 Å². The molecule has 0 unspecified atom stereocenters. The van der Waals surface area contributed by atoms with Crippen molar-refractivity contribution in [2.75, 3.05) is 0 Å². The van der Waals surface area contributed by atoms with Gasteiger partial charge in [-0.15, -0.1) is 0 Å². The van der Waals surface area contributed by atoms with E-state index in [-0.39, 0.29) is 0 Å². The van der Waals surface area contributed by atoms with Crippen LogP contribution in [0.1, 0.15) is 30.5 Å². The second-order valence-corrected chi connectivity index (χ2v) is 3.88. The molecule has 1 aromatic carbocycles. The molecule has 0 aliphatic carbocycles. The van der Waals surface area contributed by atoms with E-state index in [1.807, 2.05) is 38.3 Å². The fourth-order valence-corrected chi connectivity index (χ4v) is 1.36. The smallest absolute Gasteiger partial charge is 0.0444 e. The minimum atomic E-state index is 1.05. The highest BCUT2D eigenvalue weighted by Gasteiger charge is 1.98. The van der Waals surface area contributed by atoms with E-state index >= 15 is 0 Å². The Morgan fingerprint density at radius 2 is 1.88 bits per heavy atom. The lowest BCUT2D eigenvalue weighted by molar-refractivity contribution is 1.33. The van der Waals surface area contributed by atoms with Gasteiger partial charge in [-0.1, -0.05) is 24.3 Å². The molecule has 84 valence electrons. The molecule has 0 atom stereocenters. The second kappa shape index (κ2) is 6.06. The van der Waals surface area contributed by atoms with Crippen LogP contribution < -0.4 is 0 Å². The first-order valence-electron chi connectivity index (χ1n) is 5.55. The molecule has 0 heterocycles. The first-order chi connectivity index (χ1) is 7.65. The van der Waals surface area contributed by atoms with E-state index in [9.17, 15) is 0 Å². The molecule has 1 nitrogen and oxygen atoms in total. The molecule has 0 aliphatic rings. The summed E-state index contributed by atoms with van der Waals surface area (Å²) < 4.78 is 0. The van der Waals surface area contributed by atoms with Crippen LogP contribution in [0.4, 0.5) is 0 Å². The van der Waals surface area contributed by atoms with Gasteiger partial charge < -0.3 is 0 Å². The third kappa shape index (κ3) is 3.50. The number of hydrogen-bond acceptors (Lipinski definition) is 1. The maximum absolute atomic E-state index is 4.39. The van der Waals surface area contributed by atoms with Crippen molar-refractivity contribution in [2.24, 2.45) is 4.99 Å². The summed E-state index contributed by atoms with van der Waals surface area (Å²) in [5, 5.41) is 0. The highest BCUT2D eigenvalue weighted by atomic mass is 14.7. The summed E-state index contributed by atoms with van der Waals surface area (Å²) in [7, 11) is 0. The Morgan fingerprint density at radius 1 is 1.12 bits per heavy atom. The summed E-state index contributed by atoms with van der Waals surface area (Å²) >= 11 is 0. The highest BCUT2D eigenvalue weighted by molar-refractivity contribution is 5.99. The monoisotopic (exact) mass is 213 g/mol. The van der Waals surface area contributed by atoms with Crippen molar-refractivity contribution in [1.82, 2.24) is 0 Å². The standard InChI is InChI=1S/C15H19N/c1-5-6-7-10-16-14(4)15-9-8-12(2)13(3)11-15/h5-11H,1-4H3/b6-5-,10-7-,16-14?. The Hall–Kier alpha value is -1.63. The van der Waals surface area contributed by atoms with Crippen LogP contribution in [0.2, 0.25) is 0 Å². The molecule has 0 aliphatic heterocycles. The molecule has 0 fully saturated rings. The van der Waals surface area contributed by atoms with E-state index in [2.05, 4.69) is 37.0 Å². The van der Waals surface area contributed by atoms with Gasteiger partial charge in [0.1, 0.15) is 0 Å². The summed E-state index contributed by atoms with van der Waals surface area (Å²) in [6, 6.07) is 6.43. The Kier molecular flexibility index (Phi) is 4.71. The van der Waals surface area contributed by atoms with Crippen molar-refractivity contribution in [3.8, 4) is 0 Å². The van der Waals surface area contributed by atoms with Crippen molar-refractivity contribution >= 4 is 5.71 Å². The van der Waals surface area contributed by atoms with Gasteiger partial charge in [-0.2, -0.15) is 0 Å². The van der Waals surface area contributed by atoms with Crippen LogP contribution in [0, 0.1) is 13.8 Å². The predicted molar refractivity (Wildman–Crippen MR) is 72.1 cm³/mol. The molecule has 0 aromatic heterocycles. The van der Waals surface area contributed by atoms with E-state index in [1.165, 1.54) is 16.7 Å². The van der Waals surface area contributed by atoms with Crippen molar-refractivity contribution in [3.05, 3.63) is 59.3 Å². The maximum atomic E-state index is 4.39. The lowest BCUT2D eigenvalue weighted by atomic mass is 10.0.